The fourth-order valence-electron chi connectivity index (χ4n) is 2.57. The van der Waals surface area contributed by atoms with Crippen LogP contribution < -0.4 is 0 Å². The SMILES string of the molecule is CC(=O)C(CC1=C(Br)CCCC1)c1ccccc1. The first-order chi connectivity index (χ1) is 8.68. The van der Waals surface area contributed by atoms with Crippen LogP contribution >= 0.6 is 15.9 Å². The van der Waals surface area contributed by atoms with Crippen molar-refractivity contribution in [3.63, 3.8) is 0 Å². The molecule has 0 radical (unpaired) electrons. The highest BCUT2D eigenvalue weighted by Crippen LogP contribution is 2.35. The Morgan fingerprint density at radius 2 is 1.89 bits per heavy atom. The fourth-order valence-corrected chi connectivity index (χ4v) is 3.21. The molecule has 0 aliphatic heterocycles. The van der Waals surface area contributed by atoms with Crippen LogP contribution in [0.15, 0.2) is 40.4 Å². The van der Waals surface area contributed by atoms with Gasteiger partial charge in [-0.1, -0.05) is 51.8 Å². The Labute approximate surface area is 117 Å². The summed E-state index contributed by atoms with van der Waals surface area (Å²) in [5.41, 5.74) is 2.58. The highest BCUT2D eigenvalue weighted by atomic mass is 79.9. The Hall–Kier alpha value is -0.890. The minimum atomic E-state index is 0.0202. The number of benzene rings is 1. The van der Waals surface area contributed by atoms with Crippen LogP contribution in [-0.4, -0.2) is 5.78 Å². The Balaban J connectivity index is 2.20. The molecule has 1 nitrogen and oxygen atoms in total. The zero-order valence-corrected chi connectivity index (χ0v) is 12.4. The number of rotatable bonds is 4. The maximum absolute atomic E-state index is 11.9. The molecule has 0 N–H and O–H groups in total. The summed E-state index contributed by atoms with van der Waals surface area (Å²) in [6, 6.07) is 10.1. The molecule has 0 spiro atoms. The predicted octanol–water partition coefficient (Wildman–Crippen LogP) is 4.97. The second-order valence-electron chi connectivity index (χ2n) is 4.99. The zero-order valence-electron chi connectivity index (χ0n) is 10.8. The number of hydrogen-bond acceptors (Lipinski definition) is 1. The molecule has 0 amide bonds. The third-order valence-electron chi connectivity index (χ3n) is 3.65. The minimum Gasteiger partial charge on any atom is -0.299 e. The van der Waals surface area contributed by atoms with Crippen LogP contribution in [0.5, 0.6) is 0 Å². The van der Waals surface area contributed by atoms with Gasteiger partial charge in [0.15, 0.2) is 0 Å². The van der Waals surface area contributed by atoms with E-state index in [-0.39, 0.29) is 11.7 Å². The summed E-state index contributed by atoms with van der Waals surface area (Å²) in [4.78, 5) is 11.9. The van der Waals surface area contributed by atoms with E-state index < -0.39 is 0 Å². The lowest BCUT2D eigenvalue weighted by atomic mass is 9.85. The predicted molar refractivity (Wildman–Crippen MR) is 78.9 cm³/mol. The number of hydrogen-bond donors (Lipinski definition) is 0. The van der Waals surface area contributed by atoms with Gasteiger partial charge >= 0.3 is 0 Å². The Kier molecular flexibility index (Phi) is 4.76. The number of halogens is 1. The quantitative estimate of drug-likeness (QED) is 0.767. The molecule has 0 aromatic heterocycles. The monoisotopic (exact) mass is 306 g/mol. The summed E-state index contributed by atoms with van der Waals surface area (Å²) in [5.74, 6) is 0.284. The van der Waals surface area contributed by atoms with Gasteiger partial charge in [0.1, 0.15) is 5.78 Å². The van der Waals surface area contributed by atoms with Gasteiger partial charge in [0, 0.05) is 5.92 Å². The lowest BCUT2D eigenvalue weighted by Crippen LogP contribution is -2.11. The molecule has 1 aromatic carbocycles. The number of Topliss-reactive ketones (excluding diaryl/α,β-unsaturated/α-hetero) is 1. The smallest absolute Gasteiger partial charge is 0.137 e. The van der Waals surface area contributed by atoms with Gasteiger partial charge in [0.25, 0.3) is 0 Å². The highest BCUT2D eigenvalue weighted by molar-refractivity contribution is 9.11. The van der Waals surface area contributed by atoms with Gasteiger partial charge in [-0.15, -0.1) is 0 Å². The van der Waals surface area contributed by atoms with Crippen molar-refractivity contribution in [1.29, 1.82) is 0 Å². The van der Waals surface area contributed by atoms with Crippen LogP contribution in [0.4, 0.5) is 0 Å². The van der Waals surface area contributed by atoms with E-state index >= 15 is 0 Å². The van der Waals surface area contributed by atoms with Crippen molar-refractivity contribution < 1.29 is 4.79 Å². The summed E-state index contributed by atoms with van der Waals surface area (Å²) < 4.78 is 1.33. The molecule has 2 heteroatoms. The van der Waals surface area contributed by atoms with E-state index in [1.54, 1.807) is 6.92 Å². The van der Waals surface area contributed by atoms with Gasteiger partial charge in [-0.3, -0.25) is 4.79 Å². The summed E-state index contributed by atoms with van der Waals surface area (Å²) in [5, 5.41) is 0. The fraction of sp³-hybridized carbons (Fsp3) is 0.438. The van der Waals surface area contributed by atoms with Crippen LogP contribution in [0.25, 0.3) is 0 Å². The summed E-state index contributed by atoms with van der Waals surface area (Å²) in [7, 11) is 0. The first kappa shape index (κ1) is 13.5. The molecule has 0 saturated carbocycles. The maximum atomic E-state index is 11.9. The first-order valence-corrected chi connectivity index (χ1v) is 7.39. The van der Waals surface area contributed by atoms with Crippen molar-refractivity contribution in [3.05, 3.63) is 46.0 Å². The zero-order chi connectivity index (χ0) is 13.0. The lowest BCUT2D eigenvalue weighted by Gasteiger charge is -2.21. The van der Waals surface area contributed by atoms with E-state index in [2.05, 4.69) is 28.1 Å². The summed E-state index contributed by atoms with van der Waals surface area (Å²) in [6.45, 7) is 1.70. The van der Waals surface area contributed by atoms with E-state index in [0.29, 0.717) is 0 Å². The van der Waals surface area contributed by atoms with Crippen molar-refractivity contribution in [3.8, 4) is 0 Å². The molecule has 2 rings (SSSR count). The Morgan fingerprint density at radius 1 is 1.22 bits per heavy atom. The molecule has 0 bridgehead atoms. The van der Waals surface area contributed by atoms with Crippen LogP contribution in [0.1, 0.15) is 50.5 Å². The molecule has 1 aliphatic carbocycles. The summed E-state index contributed by atoms with van der Waals surface area (Å²) >= 11 is 3.67. The molecule has 1 aliphatic rings. The Morgan fingerprint density at radius 3 is 2.50 bits per heavy atom. The molecule has 1 unspecified atom stereocenters. The van der Waals surface area contributed by atoms with E-state index in [4.69, 9.17) is 0 Å². The normalized spacial score (nSPS) is 17.7. The molecule has 0 heterocycles. The summed E-state index contributed by atoms with van der Waals surface area (Å²) in [6.07, 6.45) is 5.66. The molecular weight excluding hydrogens is 288 g/mol. The first-order valence-electron chi connectivity index (χ1n) is 6.60. The van der Waals surface area contributed by atoms with E-state index in [1.807, 2.05) is 18.2 Å². The maximum Gasteiger partial charge on any atom is 0.137 e. The van der Waals surface area contributed by atoms with Gasteiger partial charge in [0.2, 0.25) is 0 Å². The molecule has 18 heavy (non-hydrogen) atoms. The lowest BCUT2D eigenvalue weighted by molar-refractivity contribution is -0.118. The molecule has 1 aromatic rings. The second-order valence-corrected chi connectivity index (χ2v) is 5.95. The third kappa shape index (κ3) is 3.32. The van der Waals surface area contributed by atoms with Crippen molar-refractivity contribution in [2.24, 2.45) is 0 Å². The Bertz CT molecular complexity index is 447. The average Bonchev–Trinajstić information content (AvgIpc) is 2.38. The molecule has 1 atom stereocenters. The number of carbonyl (C=O) groups is 1. The van der Waals surface area contributed by atoms with Crippen LogP contribution in [0, 0.1) is 0 Å². The van der Waals surface area contributed by atoms with Gasteiger partial charge in [-0.25, -0.2) is 0 Å². The van der Waals surface area contributed by atoms with Gasteiger partial charge < -0.3 is 0 Å². The minimum absolute atomic E-state index is 0.0202. The standard InChI is InChI=1S/C16H19BrO/c1-12(18)15(13-7-3-2-4-8-13)11-14-9-5-6-10-16(14)17/h2-4,7-8,15H,5-6,9-11H2,1H3. The van der Waals surface area contributed by atoms with Crippen molar-refractivity contribution >= 4 is 21.7 Å². The van der Waals surface area contributed by atoms with E-state index in [9.17, 15) is 4.79 Å². The van der Waals surface area contributed by atoms with Crippen molar-refractivity contribution in [2.45, 2.75) is 44.9 Å². The second kappa shape index (κ2) is 6.33. The van der Waals surface area contributed by atoms with Gasteiger partial charge in [-0.2, -0.15) is 0 Å². The molecule has 0 saturated heterocycles. The van der Waals surface area contributed by atoms with Gasteiger partial charge in [-0.05, 0) is 49.1 Å². The topological polar surface area (TPSA) is 17.1 Å². The average molecular weight is 307 g/mol. The highest BCUT2D eigenvalue weighted by Gasteiger charge is 2.21. The largest absolute Gasteiger partial charge is 0.299 e. The molecular formula is C16H19BrO. The number of ketones is 1. The van der Waals surface area contributed by atoms with Crippen LogP contribution in [0.2, 0.25) is 0 Å². The molecule has 0 fully saturated rings. The van der Waals surface area contributed by atoms with Crippen LogP contribution in [-0.2, 0) is 4.79 Å². The van der Waals surface area contributed by atoms with Crippen molar-refractivity contribution in [2.75, 3.05) is 0 Å². The molecule has 96 valence electrons. The van der Waals surface area contributed by atoms with E-state index in [0.717, 1.165) is 24.8 Å². The van der Waals surface area contributed by atoms with Gasteiger partial charge in [0.05, 0.1) is 0 Å². The third-order valence-corrected chi connectivity index (χ3v) is 4.61. The van der Waals surface area contributed by atoms with Crippen molar-refractivity contribution in [1.82, 2.24) is 0 Å². The number of allylic oxidation sites excluding steroid dienone is 2. The number of carbonyl (C=O) groups excluding carboxylic acids is 1. The van der Waals surface area contributed by atoms with E-state index in [1.165, 1.54) is 22.9 Å². The van der Waals surface area contributed by atoms with Crippen LogP contribution in [0.3, 0.4) is 0 Å².